The average molecular weight is 258 g/mol. The van der Waals surface area contributed by atoms with Crippen LogP contribution in [0.15, 0.2) is 0 Å². The highest BCUT2D eigenvalue weighted by molar-refractivity contribution is 4.86. The molecule has 0 spiro atoms. The van der Waals surface area contributed by atoms with Crippen molar-refractivity contribution in [3.63, 3.8) is 0 Å². The summed E-state index contributed by atoms with van der Waals surface area (Å²) >= 11 is 0. The van der Waals surface area contributed by atoms with Crippen LogP contribution in [0.3, 0.4) is 0 Å². The van der Waals surface area contributed by atoms with E-state index in [1.165, 1.54) is 6.42 Å². The van der Waals surface area contributed by atoms with Gasteiger partial charge in [-0.05, 0) is 12.8 Å². The van der Waals surface area contributed by atoms with E-state index in [0.717, 1.165) is 32.2 Å². The predicted octanol–water partition coefficient (Wildman–Crippen LogP) is 1.36. The summed E-state index contributed by atoms with van der Waals surface area (Å²) in [5, 5.41) is 3.66. The summed E-state index contributed by atoms with van der Waals surface area (Å²) in [5.41, 5.74) is 0. The fraction of sp³-hybridized carbons (Fsp3) is 1.00. The quantitative estimate of drug-likeness (QED) is 0.667. The van der Waals surface area contributed by atoms with E-state index in [1.54, 1.807) is 7.11 Å². The summed E-state index contributed by atoms with van der Waals surface area (Å²) in [5.74, 6) is 0.745. The Morgan fingerprint density at radius 2 is 2.11 bits per heavy atom. The Morgan fingerprint density at radius 1 is 1.33 bits per heavy atom. The molecule has 0 saturated carbocycles. The number of nitrogens with one attached hydrogen (secondary N) is 1. The van der Waals surface area contributed by atoms with E-state index in [9.17, 15) is 0 Å². The van der Waals surface area contributed by atoms with Gasteiger partial charge in [0, 0.05) is 38.8 Å². The molecule has 0 aliphatic carbocycles. The smallest absolute Gasteiger partial charge is 0.0700 e. The molecule has 108 valence electrons. The average Bonchev–Trinajstić information content (AvgIpc) is 2.39. The lowest BCUT2D eigenvalue weighted by Gasteiger charge is -2.40. The second kappa shape index (κ2) is 8.86. The molecule has 1 rings (SSSR count). The molecule has 1 saturated heterocycles. The van der Waals surface area contributed by atoms with E-state index in [0.29, 0.717) is 25.3 Å². The minimum atomic E-state index is 0.608. The molecule has 1 fully saturated rings. The molecule has 0 aromatic carbocycles. The number of nitrogens with zero attached hydrogens (tertiary/aromatic N) is 1. The number of hydrogen-bond acceptors (Lipinski definition) is 4. The molecule has 0 aromatic rings. The Labute approximate surface area is 112 Å². The van der Waals surface area contributed by atoms with E-state index in [-0.39, 0.29) is 0 Å². The third-order valence-electron chi connectivity index (χ3n) is 4.02. The van der Waals surface area contributed by atoms with Gasteiger partial charge in [-0.25, -0.2) is 0 Å². The van der Waals surface area contributed by atoms with E-state index < -0.39 is 0 Å². The van der Waals surface area contributed by atoms with Crippen molar-refractivity contribution in [1.29, 1.82) is 0 Å². The fourth-order valence-electron chi connectivity index (χ4n) is 2.35. The molecule has 1 heterocycles. The molecule has 0 radical (unpaired) electrons. The number of ether oxygens (including phenoxy) is 2. The van der Waals surface area contributed by atoms with E-state index in [4.69, 9.17) is 9.47 Å². The summed E-state index contributed by atoms with van der Waals surface area (Å²) in [4.78, 5) is 2.54. The van der Waals surface area contributed by atoms with Gasteiger partial charge >= 0.3 is 0 Å². The van der Waals surface area contributed by atoms with E-state index >= 15 is 0 Å². The number of piperazine rings is 1. The molecule has 3 atom stereocenters. The van der Waals surface area contributed by atoms with Crippen LogP contribution >= 0.6 is 0 Å². The lowest BCUT2D eigenvalue weighted by molar-refractivity contribution is 0.0381. The van der Waals surface area contributed by atoms with Crippen molar-refractivity contribution in [3.8, 4) is 0 Å². The van der Waals surface area contributed by atoms with Crippen LogP contribution in [-0.4, -0.2) is 63.5 Å². The van der Waals surface area contributed by atoms with Gasteiger partial charge in [-0.2, -0.15) is 0 Å². The largest absolute Gasteiger partial charge is 0.382 e. The van der Waals surface area contributed by atoms with Crippen molar-refractivity contribution in [3.05, 3.63) is 0 Å². The summed E-state index contributed by atoms with van der Waals surface area (Å²) in [6.07, 6.45) is 1.24. The Hall–Kier alpha value is -0.160. The van der Waals surface area contributed by atoms with Crippen molar-refractivity contribution in [1.82, 2.24) is 10.2 Å². The molecule has 1 aliphatic heterocycles. The first kappa shape index (κ1) is 15.9. The lowest BCUT2D eigenvalue weighted by Crippen LogP contribution is -2.57. The highest BCUT2D eigenvalue weighted by Crippen LogP contribution is 2.15. The Balaban J connectivity index is 2.24. The summed E-state index contributed by atoms with van der Waals surface area (Å²) in [7, 11) is 1.71. The third-order valence-corrected chi connectivity index (χ3v) is 4.02. The van der Waals surface area contributed by atoms with Crippen molar-refractivity contribution in [2.75, 3.05) is 46.6 Å². The topological polar surface area (TPSA) is 33.7 Å². The molecule has 4 nitrogen and oxygen atoms in total. The molecule has 3 unspecified atom stereocenters. The highest BCUT2D eigenvalue weighted by Gasteiger charge is 2.27. The van der Waals surface area contributed by atoms with Crippen molar-refractivity contribution < 1.29 is 9.47 Å². The van der Waals surface area contributed by atoms with Crippen LogP contribution in [0.1, 0.15) is 27.2 Å². The highest BCUT2D eigenvalue weighted by atomic mass is 16.5. The van der Waals surface area contributed by atoms with Gasteiger partial charge in [0.15, 0.2) is 0 Å². The molecule has 1 aliphatic rings. The van der Waals surface area contributed by atoms with Gasteiger partial charge in [0.25, 0.3) is 0 Å². The summed E-state index contributed by atoms with van der Waals surface area (Å²) < 4.78 is 10.5. The van der Waals surface area contributed by atoms with E-state index in [1.807, 2.05) is 0 Å². The first-order valence-corrected chi connectivity index (χ1v) is 7.23. The molecule has 1 N–H and O–H groups in total. The zero-order valence-electron chi connectivity index (χ0n) is 12.4. The van der Waals surface area contributed by atoms with Crippen molar-refractivity contribution in [2.24, 2.45) is 5.92 Å². The standard InChI is InChI=1S/C14H30N2O2/c1-5-12(2)14-11-16(13(3)10-15-14)6-7-18-9-8-17-4/h12-15H,5-11H2,1-4H3. The minimum Gasteiger partial charge on any atom is -0.382 e. The zero-order chi connectivity index (χ0) is 13.4. The van der Waals surface area contributed by atoms with Gasteiger partial charge in [-0.3, -0.25) is 4.90 Å². The molecule has 0 aromatic heterocycles. The van der Waals surface area contributed by atoms with Crippen LogP contribution < -0.4 is 5.32 Å². The van der Waals surface area contributed by atoms with Gasteiger partial charge in [0.1, 0.15) is 0 Å². The second-order valence-corrected chi connectivity index (χ2v) is 5.35. The zero-order valence-corrected chi connectivity index (χ0v) is 12.4. The van der Waals surface area contributed by atoms with Crippen LogP contribution in [0.4, 0.5) is 0 Å². The van der Waals surface area contributed by atoms with Crippen LogP contribution in [-0.2, 0) is 9.47 Å². The molecule has 0 amide bonds. The number of hydrogen-bond donors (Lipinski definition) is 1. The molecule has 4 heteroatoms. The Bertz CT molecular complexity index is 214. The molecule has 18 heavy (non-hydrogen) atoms. The maximum Gasteiger partial charge on any atom is 0.0700 e. The minimum absolute atomic E-state index is 0.608. The third kappa shape index (κ3) is 5.22. The summed E-state index contributed by atoms with van der Waals surface area (Å²) in [6, 6.07) is 1.24. The van der Waals surface area contributed by atoms with Crippen LogP contribution in [0.5, 0.6) is 0 Å². The normalized spacial score (nSPS) is 27.3. The SMILES string of the molecule is CCC(C)C1CN(CCOCCOC)C(C)CN1. The summed E-state index contributed by atoms with van der Waals surface area (Å²) in [6.45, 7) is 12.3. The van der Waals surface area contributed by atoms with Crippen molar-refractivity contribution in [2.45, 2.75) is 39.3 Å². The second-order valence-electron chi connectivity index (χ2n) is 5.35. The maximum atomic E-state index is 5.56. The lowest BCUT2D eigenvalue weighted by atomic mass is 9.96. The van der Waals surface area contributed by atoms with E-state index in [2.05, 4.69) is 31.0 Å². The van der Waals surface area contributed by atoms with Gasteiger partial charge < -0.3 is 14.8 Å². The molecular weight excluding hydrogens is 228 g/mol. The van der Waals surface area contributed by atoms with Gasteiger partial charge in [-0.1, -0.05) is 20.3 Å². The van der Waals surface area contributed by atoms with Gasteiger partial charge in [0.2, 0.25) is 0 Å². The fourth-order valence-corrected chi connectivity index (χ4v) is 2.35. The number of rotatable bonds is 8. The van der Waals surface area contributed by atoms with Crippen LogP contribution in [0.2, 0.25) is 0 Å². The molecule has 0 bridgehead atoms. The Kier molecular flexibility index (Phi) is 7.82. The molecular formula is C14H30N2O2. The predicted molar refractivity (Wildman–Crippen MR) is 75.0 cm³/mol. The van der Waals surface area contributed by atoms with Gasteiger partial charge in [-0.15, -0.1) is 0 Å². The van der Waals surface area contributed by atoms with Crippen LogP contribution in [0, 0.1) is 5.92 Å². The van der Waals surface area contributed by atoms with Crippen molar-refractivity contribution >= 4 is 0 Å². The monoisotopic (exact) mass is 258 g/mol. The maximum absolute atomic E-state index is 5.56. The Morgan fingerprint density at radius 3 is 2.78 bits per heavy atom. The first-order valence-electron chi connectivity index (χ1n) is 7.23. The van der Waals surface area contributed by atoms with Gasteiger partial charge in [0.05, 0.1) is 19.8 Å². The first-order chi connectivity index (χ1) is 8.69. The van der Waals surface area contributed by atoms with Crippen LogP contribution in [0.25, 0.3) is 0 Å². The number of methoxy groups -OCH3 is 1.